The molecule has 3 aromatic carbocycles. The Hall–Kier alpha value is -4.35. The van der Waals surface area contributed by atoms with Crippen molar-refractivity contribution in [1.82, 2.24) is 30.5 Å². The average Bonchev–Trinajstić information content (AvgIpc) is 3.50. The Morgan fingerprint density at radius 1 is 1.05 bits per heavy atom. The Morgan fingerprint density at radius 2 is 1.76 bits per heavy atom. The Balaban J connectivity index is 1.38. The van der Waals surface area contributed by atoms with E-state index in [2.05, 4.69) is 15.6 Å². The maximum Gasteiger partial charge on any atom is 0.331 e. The molecular formula is C30H31FN6O3S. The van der Waals surface area contributed by atoms with Crippen LogP contribution in [0.2, 0.25) is 0 Å². The first-order chi connectivity index (χ1) is 19.9. The molecule has 0 bridgehead atoms. The van der Waals surface area contributed by atoms with Gasteiger partial charge in [-0.2, -0.15) is 0 Å². The van der Waals surface area contributed by atoms with Crippen molar-refractivity contribution in [2.75, 3.05) is 26.7 Å². The molecule has 1 saturated heterocycles. The van der Waals surface area contributed by atoms with Gasteiger partial charge in [0.1, 0.15) is 11.9 Å². The number of aromatic nitrogens is 1. The molecule has 212 valence electrons. The van der Waals surface area contributed by atoms with Crippen LogP contribution < -0.4 is 10.6 Å². The summed E-state index contributed by atoms with van der Waals surface area (Å²) in [4.78, 5) is 46.1. The van der Waals surface area contributed by atoms with Crippen LogP contribution in [0.4, 0.5) is 9.18 Å². The van der Waals surface area contributed by atoms with Gasteiger partial charge in [0.25, 0.3) is 0 Å². The summed E-state index contributed by atoms with van der Waals surface area (Å²) in [5.41, 5.74) is 4.66. The highest BCUT2D eigenvalue weighted by Crippen LogP contribution is 2.26. The topological polar surface area (TPSA) is 97.9 Å². The molecule has 5 rings (SSSR count). The molecular weight excluding hydrogens is 543 g/mol. The van der Waals surface area contributed by atoms with Crippen molar-refractivity contribution in [2.45, 2.75) is 25.6 Å². The number of rotatable bonds is 7. The maximum absolute atomic E-state index is 14.4. The highest BCUT2D eigenvalue weighted by atomic mass is 32.1. The third-order valence-corrected chi connectivity index (χ3v) is 7.90. The zero-order valence-electron chi connectivity index (χ0n) is 22.6. The summed E-state index contributed by atoms with van der Waals surface area (Å²) in [7, 11) is 1.60. The van der Waals surface area contributed by atoms with Crippen molar-refractivity contribution < 1.29 is 18.8 Å². The van der Waals surface area contributed by atoms with E-state index in [1.54, 1.807) is 28.5 Å². The Labute approximate surface area is 241 Å². The quantitative estimate of drug-likeness (QED) is 0.352. The lowest BCUT2D eigenvalue weighted by molar-refractivity contribution is -0.136. The lowest BCUT2D eigenvalue weighted by Crippen LogP contribution is -2.53. The second kappa shape index (κ2) is 12.9. The van der Waals surface area contributed by atoms with E-state index < -0.39 is 6.04 Å². The zero-order valence-corrected chi connectivity index (χ0v) is 23.4. The van der Waals surface area contributed by atoms with E-state index >= 15 is 0 Å². The number of carbonyl (C=O) groups excluding carboxylic acids is 3. The SMILES string of the molecule is CN(C(=O)NCc1ccccc1)N1CCN(Cc2ccc(F)c3scnc23)C(=O)[C@H](Cc2ccccc2)NC(=O)C1. The number of benzene rings is 3. The van der Waals surface area contributed by atoms with Crippen molar-refractivity contribution in [1.29, 1.82) is 0 Å². The monoisotopic (exact) mass is 574 g/mol. The Morgan fingerprint density at radius 3 is 2.49 bits per heavy atom. The third-order valence-electron chi connectivity index (χ3n) is 7.07. The molecule has 9 nitrogen and oxygen atoms in total. The van der Waals surface area contributed by atoms with Gasteiger partial charge in [0.05, 0.1) is 22.3 Å². The highest BCUT2D eigenvalue weighted by Gasteiger charge is 2.31. The lowest BCUT2D eigenvalue weighted by Gasteiger charge is -2.32. The average molecular weight is 575 g/mol. The Bertz CT molecular complexity index is 1520. The van der Waals surface area contributed by atoms with E-state index in [0.29, 0.717) is 28.7 Å². The molecule has 2 heterocycles. The largest absolute Gasteiger partial charge is 0.343 e. The van der Waals surface area contributed by atoms with E-state index in [9.17, 15) is 18.8 Å². The van der Waals surface area contributed by atoms with Gasteiger partial charge < -0.3 is 15.5 Å². The minimum atomic E-state index is -0.812. The smallest absolute Gasteiger partial charge is 0.331 e. The predicted octanol–water partition coefficient (Wildman–Crippen LogP) is 3.56. The Kier molecular flexibility index (Phi) is 8.85. The van der Waals surface area contributed by atoms with Crippen LogP contribution in [0.1, 0.15) is 16.7 Å². The maximum atomic E-state index is 14.4. The van der Waals surface area contributed by atoms with Crippen molar-refractivity contribution in [3.63, 3.8) is 0 Å². The van der Waals surface area contributed by atoms with E-state index in [-0.39, 0.29) is 49.8 Å². The number of carbonyl (C=O) groups is 3. The van der Waals surface area contributed by atoms with Gasteiger partial charge in [-0.25, -0.2) is 19.2 Å². The molecule has 0 spiro atoms. The van der Waals surface area contributed by atoms with Gasteiger partial charge >= 0.3 is 6.03 Å². The van der Waals surface area contributed by atoms with Crippen LogP contribution in [0.25, 0.3) is 10.2 Å². The molecule has 11 heteroatoms. The molecule has 4 amide bonds. The van der Waals surface area contributed by atoms with Gasteiger partial charge in [0.15, 0.2) is 0 Å². The predicted molar refractivity (Wildman–Crippen MR) is 155 cm³/mol. The van der Waals surface area contributed by atoms with Crippen molar-refractivity contribution >= 4 is 39.4 Å². The van der Waals surface area contributed by atoms with Crippen LogP contribution in [0.15, 0.2) is 78.3 Å². The van der Waals surface area contributed by atoms with E-state index in [0.717, 1.165) is 11.1 Å². The molecule has 1 aliphatic rings. The van der Waals surface area contributed by atoms with Crippen LogP contribution in [0, 0.1) is 5.82 Å². The zero-order chi connectivity index (χ0) is 28.8. The molecule has 0 unspecified atom stereocenters. The summed E-state index contributed by atoms with van der Waals surface area (Å²) in [5, 5.41) is 8.76. The number of halogens is 1. The number of fused-ring (bicyclic) bond motifs is 1. The normalized spacial score (nSPS) is 16.5. The molecule has 1 atom stereocenters. The van der Waals surface area contributed by atoms with Crippen molar-refractivity contribution in [3.05, 3.63) is 101 Å². The first-order valence-corrected chi connectivity index (χ1v) is 14.2. The minimum absolute atomic E-state index is 0.103. The minimum Gasteiger partial charge on any atom is -0.343 e. The second-order valence-corrected chi connectivity index (χ2v) is 10.7. The van der Waals surface area contributed by atoms with Crippen LogP contribution in [-0.2, 0) is 29.1 Å². The first-order valence-electron chi connectivity index (χ1n) is 13.3. The van der Waals surface area contributed by atoms with Gasteiger partial charge in [-0.3, -0.25) is 14.6 Å². The molecule has 1 aliphatic heterocycles. The fourth-order valence-electron chi connectivity index (χ4n) is 4.84. The van der Waals surface area contributed by atoms with Crippen LogP contribution >= 0.6 is 11.3 Å². The summed E-state index contributed by atoms with van der Waals surface area (Å²) in [5.74, 6) is -0.981. The molecule has 0 saturated carbocycles. The van der Waals surface area contributed by atoms with Crippen molar-refractivity contribution in [3.8, 4) is 0 Å². The molecule has 4 aromatic rings. The summed E-state index contributed by atoms with van der Waals surface area (Å²) < 4.78 is 14.8. The fraction of sp³-hybridized carbons (Fsp3) is 0.267. The standard InChI is InChI=1S/C30H31FN6O3S/c1-35(30(40)32-17-22-10-6-3-7-11-22)37-15-14-36(18-23-12-13-24(31)28-27(23)33-20-41-28)29(39)25(34-26(38)19-37)16-21-8-4-2-5-9-21/h2-13,20,25H,14-19H2,1H3,(H,32,40)(H,34,38)/t25-/m0/s1. The number of hydrogen-bond donors (Lipinski definition) is 2. The summed E-state index contributed by atoms with van der Waals surface area (Å²) >= 11 is 1.21. The fourth-order valence-corrected chi connectivity index (χ4v) is 5.58. The van der Waals surface area contributed by atoms with Crippen LogP contribution in [0.5, 0.6) is 0 Å². The molecule has 2 N–H and O–H groups in total. The van der Waals surface area contributed by atoms with Crippen molar-refractivity contribution in [2.24, 2.45) is 0 Å². The lowest BCUT2D eigenvalue weighted by atomic mass is 10.0. The first kappa shape index (κ1) is 28.2. The number of nitrogens with zero attached hydrogens (tertiary/aromatic N) is 4. The molecule has 1 fully saturated rings. The number of hydrogen-bond acceptors (Lipinski definition) is 6. The third kappa shape index (κ3) is 6.87. The second-order valence-electron chi connectivity index (χ2n) is 9.86. The number of urea groups is 1. The van der Waals surface area contributed by atoms with Gasteiger partial charge in [-0.05, 0) is 22.8 Å². The van der Waals surface area contributed by atoms with E-state index in [4.69, 9.17) is 0 Å². The summed E-state index contributed by atoms with van der Waals surface area (Å²) in [6, 6.07) is 20.9. The molecule has 41 heavy (non-hydrogen) atoms. The van der Waals surface area contributed by atoms with Gasteiger partial charge in [0, 0.05) is 39.6 Å². The van der Waals surface area contributed by atoms with Gasteiger partial charge in [-0.15, -0.1) is 11.3 Å². The molecule has 1 aromatic heterocycles. The number of nitrogens with one attached hydrogen (secondary N) is 2. The van der Waals surface area contributed by atoms with E-state index in [1.807, 2.05) is 60.7 Å². The number of thiazole rings is 1. The number of hydrazine groups is 1. The molecule has 0 aliphatic carbocycles. The summed E-state index contributed by atoms with van der Waals surface area (Å²) in [6.45, 7) is 0.876. The van der Waals surface area contributed by atoms with Crippen LogP contribution in [0.3, 0.4) is 0 Å². The number of amides is 4. The summed E-state index contributed by atoms with van der Waals surface area (Å²) in [6.07, 6.45) is 0.310. The highest BCUT2D eigenvalue weighted by molar-refractivity contribution is 7.16. The van der Waals surface area contributed by atoms with Gasteiger partial charge in [-0.1, -0.05) is 66.7 Å². The van der Waals surface area contributed by atoms with Crippen LogP contribution in [-0.4, -0.2) is 70.5 Å². The molecule has 0 radical (unpaired) electrons. The van der Waals surface area contributed by atoms with Gasteiger partial charge in [0.2, 0.25) is 11.8 Å². The van der Waals surface area contributed by atoms with E-state index in [1.165, 1.54) is 22.4 Å².